The van der Waals surface area contributed by atoms with Crippen LogP contribution < -0.4 is 10.6 Å². The molecule has 0 radical (unpaired) electrons. The van der Waals surface area contributed by atoms with Gasteiger partial charge in [-0.2, -0.15) is 0 Å². The molecule has 0 aliphatic carbocycles. The molecule has 1 aliphatic rings. The summed E-state index contributed by atoms with van der Waals surface area (Å²) >= 11 is 0. The zero-order valence-electron chi connectivity index (χ0n) is 15.1. The number of aromatic nitrogens is 6. The van der Waals surface area contributed by atoms with Crippen LogP contribution in [0, 0.1) is 13.8 Å². The molecule has 8 nitrogen and oxygen atoms in total. The van der Waals surface area contributed by atoms with Gasteiger partial charge < -0.3 is 10.6 Å². The molecule has 0 unspecified atom stereocenters. The van der Waals surface area contributed by atoms with Gasteiger partial charge >= 0.3 is 0 Å². The molecule has 1 aliphatic heterocycles. The maximum Gasteiger partial charge on any atom is 0.177 e. The summed E-state index contributed by atoms with van der Waals surface area (Å²) in [5.74, 6) is 2.17. The van der Waals surface area contributed by atoms with Crippen LogP contribution >= 0.6 is 0 Å². The summed E-state index contributed by atoms with van der Waals surface area (Å²) < 4.78 is 1.80. The van der Waals surface area contributed by atoms with Crippen molar-refractivity contribution in [1.82, 2.24) is 29.5 Å². The predicted octanol–water partition coefficient (Wildman–Crippen LogP) is 1.76. The highest BCUT2D eigenvalue weighted by Crippen LogP contribution is 2.19. The molecular formula is C18H22N8. The van der Waals surface area contributed by atoms with Crippen molar-refractivity contribution in [2.45, 2.75) is 33.2 Å². The zero-order valence-corrected chi connectivity index (χ0v) is 15.1. The summed E-state index contributed by atoms with van der Waals surface area (Å²) in [7, 11) is 0. The number of fused-ring (bicyclic) bond motifs is 1. The summed E-state index contributed by atoms with van der Waals surface area (Å²) in [6, 6.07) is 1.98. The first-order valence-electron chi connectivity index (χ1n) is 8.84. The first kappa shape index (κ1) is 16.6. The van der Waals surface area contributed by atoms with E-state index in [9.17, 15) is 0 Å². The zero-order chi connectivity index (χ0) is 18.1. The van der Waals surface area contributed by atoms with E-state index in [1.165, 1.54) is 12.8 Å². The smallest absolute Gasteiger partial charge is 0.177 e. The Morgan fingerprint density at radius 3 is 2.58 bits per heavy atom. The van der Waals surface area contributed by atoms with E-state index >= 15 is 0 Å². The van der Waals surface area contributed by atoms with Gasteiger partial charge in [-0.3, -0.25) is 4.98 Å². The van der Waals surface area contributed by atoms with Gasteiger partial charge in [-0.15, -0.1) is 5.10 Å². The Kier molecular flexibility index (Phi) is 4.34. The minimum absolute atomic E-state index is 0.390. The average Bonchev–Trinajstić information content (AvgIpc) is 3.33. The molecule has 8 heteroatoms. The van der Waals surface area contributed by atoms with Crippen LogP contribution in [0.3, 0.4) is 0 Å². The lowest BCUT2D eigenvalue weighted by Crippen LogP contribution is -2.20. The Labute approximate surface area is 151 Å². The van der Waals surface area contributed by atoms with Crippen LogP contribution in [-0.2, 0) is 6.54 Å². The number of hydrogen-bond acceptors (Lipinski definition) is 7. The fourth-order valence-electron chi connectivity index (χ4n) is 3.12. The van der Waals surface area contributed by atoms with Crippen molar-refractivity contribution in [2.24, 2.45) is 5.73 Å². The van der Waals surface area contributed by atoms with E-state index in [0.29, 0.717) is 18.2 Å². The molecule has 134 valence electrons. The fourth-order valence-corrected chi connectivity index (χ4v) is 3.12. The maximum atomic E-state index is 5.81. The lowest BCUT2D eigenvalue weighted by atomic mass is 10.3. The Balaban J connectivity index is 1.67. The van der Waals surface area contributed by atoms with Gasteiger partial charge in [0.2, 0.25) is 0 Å². The van der Waals surface area contributed by atoms with E-state index < -0.39 is 0 Å². The molecule has 0 saturated carbocycles. The van der Waals surface area contributed by atoms with Gasteiger partial charge in [0, 0.05) is 31.9 Å². The van der Waals surface area contributed by atoms with Crippen molar-refractivity contribution in [1.29, 1.82) is 0 Å². The van der Waals surface area contributed by atoms with Crippen LogP contribution in [0.5, 0.6) is 0 Å². The topological polar surface area (TPSA) is 98.1 Å². The quantitative estimate of drug-likeness (QED) is 0.765. The fraction of sp³-hybridized carbons (Fsp3) is 0.389. The third-order valence-corrected chi connectivity index (χ3v) is 4.53. The largest absolute Gasteiger partial charge is 0.356 e. The second-order valence-corrected chi connectivity index (χ2v) is 6.50. The van der Waals surface area contributed by atoms with Crippen molar-refractivity contribution in [3.05, 3.63) is 41.0 Å². The first-order valence-corrected chi connectivity index (χ1v) is 8.84. The SMILES string of the molecule is Cc1ncc(C)n2nc(/C=C/c3nc(CN)cc(N4CCCC4)n3)nc12. The minimum Gasteiger partial charge on any atom is -0.356 e. The van der Waals surface area contributed by atoms with Crippen molar-refractivity contribution in [2.75, 3.05) is 18.0 Å². The number of hydrogen-bond donors (Lipinski definition) is 1. The van der Waals surface area contributed by atoms with Gasteiger partial charge in [-0.05, 0) is 38.8 Å². The molecule has 4 heterocycles. The van der Waals surface area contributed by atoms with Crippen LogP contribution in [0.1, 0.15) is 41.6 Å². The van der Waals surface area contributed by atoms with Crippen molar-refractivity contribution >= 4 is 23.6 Å². The summed E-state index contributed by atoms with van der Waals surface area (Å²) in [4.78, 5) is 20.3. The summed E-state index contributed by atoms with van der Waals surface area (Å²) in [5.41, 5.74) is 9.19. The monoisotopic (exact) mass is 350 g/mol. The van der Waals surface area contributed by atoms with E-state index in [4.69, 9.17) is 5.73 Å². The van der Waals surface area contributed by atoms with Gasteiger partial charge in [-0.25, -0.2) is 19.5 Å². The highest BCUT2D eigenvalue weighted by atomic mass is 15.3. The van der Waals surface area contributed by atoms with Crippen LogP contribution in [0.15, 0.2) is 12.3 Å². The average molecular weight is 350 g/mol. The van der Waals surface area contributed by atoms with Crippen molar-refractivity contribution in [3.8, 4) is 0 Å². The summed E-state index contributed by atoms with van der Waals surface area (Å²) in [6.07, 6.45) is 7.86. The van der Waals surface area contributed by atoms with Crippen LogP contribution in [0.2, 0.25) is 0 Å². The van der Waals surface area contributed by atoms with Crippen LogP contribution in [0.4, 0.5) is 5.82 Å². The van der Waals surface area contributed by atoms with Crippen LogP contribution in [0.25, 0.3) is 17.8 Å². The molecule has 3 aromatic rings. The van der Waals surface area contributed by atoms with E-state index in [2.05, 4.69) is 29.9 Å². The Morgan fingerprint density at radius 2 is 1.85 bits per heavy atom. The standard InChI is InChI=1S/C18H22N8/c1-12-11-20-13(2)18-23-16(24-26(12)18)6-5-15-21-14(10-19)9-17(22-15)25-7-3-4-8-25/h5-6,9,11H,3-4,7-8,10,19H2,1-2H3/b6-5+. The van der Waals surface area contributed by atoms with Gasteiger partial charge in [0.25, 0.3) is 0 Å². The normalized spacial score (nSPS) is 14.8. The lowest BCUT2D eigenvalue weighted by molar-refractivity contribution is 0.883. The lowest BCUT2D eigenvalue weighted by Gasteiger charge is -2.17. The molecule has 0 bridgehead atoms. The number of nitrogens with zero attached hydrogens (tertiary/aromatic N) is 7. The molecule has 0 aromatic carbocycles. The molecule has 1 saturated heterocycles. The van der Waals surface area contributed by atoms with E-state index in [1.54, 1.807) is 10.7 Å². The molecule has 3 aromatic heterocycles. The molecule has 0 atom stereocenters. The van der Waals surface area contributed by atoms with Gasteiger partial charge in [0.15, 0.2) is 17.3 Å². The molecule has 26 heavy (non-hydrogen) atoms. The van der Waals surface area contributed by atoms with E-state index in [1.807, 2.05) is 32.1 Å². The summed E-state index contributed by atoms with van der Waals surface area (Å²) in [5, 5.41) is 4.52. The van der Waals surface area contributed by atoms with Crippen molar-refractivity contribution in [3.63, 3.8) is 0 Å². The Morgan fingerprint density at radius 1 is 1.08 bits per heavy atom. The third-order valence-electron chi connectivity index (χ3n) is 4.53. The van der Waals surface area contributed by atoms with Crippen molar-refractivity contribution < 1.29 is 0 Å². The number of rotatable bonds is 4. The maximum absolute atomic E-state index is 5.81. The molecule has 1 fully saturated rings. The molecule has 0 amide bonds. The molecule has 4 rings (SSSR count). The minimum atomic E-state index is 0.390. The Hall–Kier alpha value is -2.87. The van der Waals surface area contributed by atoms with Crippen LogP contribution in [-0.4, -0.2) is 42.6 Å². The second-order valence-electron chi connectivity index (χ2n) is 6.50. The molecule has 2 N–H and O–H groups in total. The highest BCUT2D eigenvalue weighted by molar-refractivity contribution is 5.65. The summed E-state index contributed by atoms with van der Waals surface area (Å²) in [6.45, 7) is 6.33. The number of aryl methyl sites for hydroxylation is 2. The number of nitrogens with two attached hydrogens (primary N) is 1. The van der Waals surface area contributed by atoms with E-state index in [0.717, 1.165) is 41.6 Å². The van der Waals surface area contributed by atoms with Gasteiger partial charge in [0.1, 0.15) is 5.82 Å². The van der Waals surface area contributed by atoms with Gasteiger partial charge in [0.05, 0.1) is 17.1 Å². The molecular weight excluding hydrogens is 328 g/mol. The first-order chi connectivity index (χ1) is 12.6. The second kappa shape index (κ2) is 6.80. The van der Waals surface area contributed by atoms with Gasteiger partial charge in [-0.1, -0.05) is 0 Å². The number of anilines is 1. The van der Waals surface area contributed by atoms with E-state index in [-0.39, 0.29) is 0 Å². The predicted molar refractivity (Wildman–Crippen MR) is 101 cm³/mol. The Bertz CT molecular complexity index is 930. The molecule has 0 spiro atoms. The third kappa shape index (κ3) is 3.15. The highest BCUT2D eigenvalue weighted by Gasteiger charge is 2.15.